The number of likely N-dealkylation sites (N-methyl/N-ethyl adjacent to an activating group) is 2. The van der Waals surface area contributed by atoms with Gasteiger partial charge in [-0.15, -0.1) is 0 Å². The topological polar surface area (TPSA) is 58.3 Å². The fourth-order valence-corrected chi connectivity index (χ4v) is 3.28. The van der Waals surface area contributed by atoms with E-state index in [-0.39, 0.29) is 0 Å². The molecular formula is C16H27N5. The fraction of sp³-hybridized carbons (Fsp3) is 0.750. The molecule has 0 aromatic carbocycles. The van der Waals surface area contributed by atoms with Crippen LogP contribution in [0.2, 0.25) is 0 Å². The molecule has 1 aromatic rings. The molecule has 0 amide bonds. The van der Waals surface area contributed by atoms with Gasteiger partial charge in [0.2, 0.25) is 0 Å². The summed E-state index contributed by atoms with van der Waals surface area (Å²) < 4.78 is 0. The molecule has 2 aliphatic rings. The minimum absolute atomic E-state index is 0.292. The third-order valence-corrected chi connectivity index (χ3v) is 5.24. The van der Waals surface area contributed by atoms with Gasteiger partial charge in [-0.25, -0.2) is 9.97 Å². The van der Waals surface area contributed by atoms with Crippen LogP contribution in [0.1, 0.15) is 49.4 Å². The first-order valence-corrected chi connectivity index (χ1v) is 7.95. The summed E-state index contributed by atoms with van der Waals surface area (Å²) in [7, 11) is 6.50. The van der Waals surface area contributed by atoms with E-state index >= 15 is 0 Å². The number of nitrogens with zero attached hydrogens (tertiary/aromatic N) is 4. The average molecular weight is 289 g/mol. The molecule has 0 spiro atoms. The number of nitrogen functional groups attached to an aromatic ring is 1. The zero-order valence-electron chi connectivity index (χ0n) is 13.7. The molecule has 5 heteroatoms. The number of rotatable bonds is 5. The average Bonchev–Trinajstić information content (AvgIpc) is 3.20. The third kappa shape index (κ3) is 2.59. The van der Waals surface area contributed by atoms with Crippen molar-refractivity contribution in [1.29, 1.82) is 0 Å². The molecule has 0 unspecified atom stereocenters. The first-order valence-electron chi connectivity index (χ1n) is 7.95. The SMILES string of the molecule is Cc1c(N)nc(C2CC2)nc1N(C)CC1(N(C)C)CCC1. The van der Waals surface area contributed by atoms with Gasteiger partial charge in [0.15, 0.2) is 0 Å². The number of hydrogen-bond acceptors (Lipinski definition) is 5. The molecule has 116 valence electrons. The molecule has 3 rings (SSSR count). The van der Waals surface area contributed by atoms with E-state index in [0.29, 0.717) is 17.3 Å². The van der Waals surface area contributed by atoms with E-state index in [1.54, 1.807) is 0 Å². The van der Waals surface area contributed by atoms with E-state index in [1.165, 1.54) is 32.1 Å². The summed E-state index contributed by atoms with van der Waals surface area (Å²) in [5.41, 5.74) is 7.41. The predicted molar refractivity (Wildman–Crippen MR) is 86.7 cm³/mol. The number of anilines is 2. The van der Waals surface area contributed by atoms with Gasteiger partial charge in [-0.1, -0.05) is 0 Å². The maximum Gasteiger partial charge on any atom is 0.137 e. The molecule has 2 aliphatic carbocycles. The molecular weight excluding hydrogens is 262 g/mol. The van der Waals surface area contributed by atoms with Gasteiger partial charge in [-0.2, -0.15) is 0 Å². The van der Waals surface area contributed by atoms with Crippen LogP contribution in [0.25, 0.3) is 0 Å². The molecule has 0 saturated heterocycles. The second-order valence-corrected chi connectivity index (χ2v) is 7.02. The van der Waals surface area contributed by atoms with Crippen molar-refractivity contribution in [3.8, 4) is 0 Å². The lowest BCUT2D eigenvalue weighted by atomic mass is 9.75. The van der Waals surface area contributed by atoms with Gasteiger partial charge in [0.1, 0.15) is 17.5 Å². The van der Waals surface area contributed by atoms with Gasteiger partial charge in [-0.3, -0.25) is 0 Å². The van der Waals surface area contributed by atoms with Gasteiger partial charge in [0.05, 0.1) is 0 Å². The highest BCUT2D eigenvalue weighted by atomic mass is 15.3. The van der Waals surface area contributed by atoms with Crippen LogP contribution in [-0.4, -0.2) is 48.1 Å². The van der Waals surface area contributed by atoms with Crippen molar-refractivity contribution in [1.82, 2.24) is 14.9 Å². The summed E-state index contributed by atoms with van der Waals surface area (Å²) in [6, 6.07) is 0. The minimum atomic E-state index is 0.292. The van der Waals surface area contributed by atoms with Gasteiger partial charge in [0, 0.05) is 30.6 Å². The van der Waals surface area contributed by atoms with Crippen molar-refractivity contribution in [2.45, 2.75) is 50.5 Å². The standard InChI is InChI=1S/C16H27N5/c1-11-13(17)18-14(12-6-7-12)19-15(11)21(4)10-16(20(2)3)8-5-9-16/h12H,5-10H2,1-4H3,(H2,17,18,19). The largest absolute Gasteiger partial charge is 0.383 e. The van der Waals surface area contributed by atoms with Gasteiger partial charge in [0.25, 0.3) is 0 Å². The van der Waals surface area contributed by atoms with E-state index in [4.69, 9.17) is 10.7 Å². The Hall–Kier alpha value is -1.36. The molecule has 0 atom stereocenters. The highest BCUT2D eigenvalue weighted by molar-refractivity contribution is 5.56. The molecule has 0 aliphatic heterocycles. The van der Waals surface area contributed by atoms with E-state index in [9.17, 15) is 0 Å². The summed E-state index contributed by atoms with van der Waals surface area (Å²) in [5, 5.41) is 0. The van der Waals surface area contributed by atoms with E-state index < -0.39 is 0 Å². The summed E-state index contributed by atoms with van der Waals surface area (Å²) in [4.78, 5) is 13.9. The zero-order chi connectivity index (χ0) is 15.2. The molecule has 2 fully saturated rings. The Labute approximate surface area is 127 Å². The van der Waals surface area contributed by atoms with Crippen molar-refractivity contribution in [2.75, 3.05) is 38.3 Å². The van der Waals surface area contributed by atoms with E-state index in [1.807, 2.05) is 6.92 Å². The highest BCUT2D eigenvalue weighted by Gasteiger charge is 2.40. The van der Waals surface area contributed by atoms with Crippen molar-refractivity contribution in [2.24, 2.45) is 0 Å². The molecule has 2 N–H and O–H groups in total. The van der Waals surface area contributed by atoms with Crippen LogP contribution < -0.4 is 10.6 Å². The van der Waals surface area contributed by atoms with Crippen LogP contribution in [0.5, 0.6) is 0 Å². The monoisotopic (exact) mass is 289 g/mol. The van der Waals surface area contributed by atoms with Crippen LogP contribution in [0.3, 0.4) is 0 Å². The van der Waals surface area contributed by atoms with Gasteiger partial charge >= 0.3 is 0 Å². The minimum Gasteiger partial charge on any atom is -0.383 e. The van der Waals surface area contributed by atoms with Crippen molar-refractivity contribution in [3.63, 3.8) is 0 Å². The second-order valence-electron chi connectivity index (χ2n) is 7.02. The molecule has 0 radical (unpaired) electrons. The predicted octanol–water partition coefficient (Wildman–Crippen LogP) is 2.17. The van der Waals surface area contributed by atoms with E-state index in [0.717, 1.165) is 23.8 Å². The van der Waals surface area contributed by atoms with Crippen LogP contribution >= 0.6 is 0 Å². The maximum absolute atomic E-state index is 6.11. The molecule has 21 heavy (non-hydrogen) atoms. The fourth-order valence-electron chi connectivity index (χ4n) is 3.28. The Kier molecular flexibility index (Phi) is 3.56. The lowest BCUT2D eigenvalue weighted by Crippen LogP contribution is -2.57. The first-order chi connectivity index (χ1) is 9.93. The van der Waals surface area contributed by atoms with Gasteiger partial charge < -0.3 is 15.5 Å². The lowest BCUT2D eigenvalue weighted by Gasteiger charge is -2.49. The van der Waals surface area contributed by atoms with E-state index in [2.05, 4.69) is 35.9 Å². The maximum atomic E-state index is 6.11. The second kappa shape index (κ2) is 5.13. The van der Waals surface area contributed by atoms with Crippen LogP contribution in [0.4, 0.5) is 11.6 Å². The van der Waals surface area contributed by atoms with Crippen molar-refractivity contribution in [3.05, 3.63) is 11.4 Å². The highest BCUT2D eigenvalue weighted by Crippen LogP contribution is 2.41. The Balaban J connectivity index is 1.85. The Bertz CT molecular complexity index is 532. The number of hydrogen-bond donors (Lipinski definition) is 1. The smallest absolute Gasteiger partial charge is 0.137 e. The van der Waals surface area contributed by atoms with Crippen LogP contribution in [-0.2, 0) is 0 Å². The molecule has 1 heterocycles. The lowest BCUT2D eigenvalue weighted by molar-refractivity contribution is 0.0681. The molecule has 2 saturated carbocycles. The summed E-state index contributed by atoms with van der Waals surface area (Å²) in [6.07, 6.45) is 6.25. The summed E-state index contributed by atoms with van der Waals surface area (Å²) in [5.74, 6) is 3.12. The third-order valence-electron chi connectivity index (χ3n) is 5.24. The molecule has 0 bridgehead atoms. The Morgan fingerprint density at radius 2 is 1.86 bits per heavy atom. The number of nitrogens with two attached hydrogens (primary N) is 1. The molecule has 1 aromatic heterocycles. The normalized spacial score (nSPS) is 20.4. The van der Waals surface area contributed by atoms with Crippen LogP contribution in [0.15, 0.2) is 0 Å². The Morgan fingerprint density at radius 1 is 1.19 bits per heavy atom. The zero-order valence-corrected chi connectivity index (χ0v) is 13.7. The molecule has 5 nitrogen and oxygen atoms in total. The van der Waals surface area contributed by atoms with Gasteiger partial charge in [-0.05, 0) is 53.1 Å². The van der Waals surface area contributed by atoms with Crippen LogP contribution in [0, 0.1) is 6.92 Å². The quantitative estimate of drug-likeness (QED) is 0.900. The van der Waals surface area contributed by atoms with Crippen molar-refractivity contribution >= 4 is 11.6 Å². The first kappa shape index (κ1) is 14.6. The summed E-state index contributed by atoms with van der Waals surface area (Å²) >= 11 is 0. The van der Waals surface area contributed by atoms with Crippen molar-refractivity contribution < 1.29 is 0 Å². The number of aromatic nitrogens is 2. The summed E-state index contributed by atoms with van der Waals surface area (Å²) in [6.45, 7) is 3.03. The Morgan fingerprint density at radius 3 is 2.33 bits per heavy atom.